The van der Waals surface area contributed by atoms with Crippen molar-refractivity contribution < 1.29 is 9.53 Å². The number of aromatic nitrogens is 4. The number of thiazole rings is 1. The van der Waals surface area contributed by atoms with Gasteiger partial charge in [0.1, 0.15) is 5.75 Å². The number of ether oxygens (including phenoxy) is 1. The van der Waals surface area contributed by atoms with Crippen molar-refractivity contribution in [3.05, 3.63) is 40.6 Å². The lowest BCUT2D eigenvalue weighted by Crippen LogP contribution is -2.14. The lowest BCUT2D eigenvalue weighted by Gasteiger charge is -2.08. The first kappa shape index (κ1) is 17.3. The summed E-state index contributed by atoms with van der Waals surface area (Å²) >= 11 is 6.67. The first-order valence-corrected chi connectivity index (χ1v) is 9.04. The van der Waals surface area contributed by atoms with Crippen molar-refractivity contribution in [1.29, 1.82) is 0 Å². The van der Waals surface area contributed by atoms with Crippen molar-refractivity contribution in [1.82, 2.24) is 19.7 Å². The fraction of sp³-hybridized carbons (Fsp3) is 0.250. The van der Waals surface area contributed by atoms with Gasteiger partial charge in [0, 0.05) is 30.1 Å². The summed E-state index contributed by atoms with van der Waals surface area (Å²) in [6.07, 6.45) is 1.92. The Bertz CT molecular complexity index is 884. The maximum absolute atomic E-state index is 12.0. The van der Waals surface area contributed by atoms with E-state index >= 15 is 0 Å². The second-order valence-corrected chi connectivity index (χ2v) is 6.38. The van der Waals surface area contributed by atoms with E-state index in [1.807, 2.05) is 41.1 Å². The molecule has 130 valence electrons. The summed E-state index contributed by atoms with van der Waals surface area (Å²) in [6, 6.07) is 7.61. The van der Waals surface area contributed by atoms with Crippen LogP contribution in [0, 0.1) is 4.77 Å². The van der Waals surface area contributed by atoms with E-state index in [2.05, 4.69) is 20.5 Å². The number of rotatable bonds is 7. The molecule has 0 unspecified atom stereocenters. The molecule has 0 radical (unpaired) electrons. The summed E-state index contributed by atoms with van der Waals surface area (Å²) in [5.41, 5.74) is 0.899. The largest absolute Gasteiger partial charge is 0.494 e. The Morgan fingerprint density at radius 3 is 2.88 bits per heavy atom. The molecule has 1 amide bonds. The molecule has 0 aliphatic carbocycles. The van der Waals surface area contributed by atoms with Crippen LogP contribution in [0.15, 0.2) is 35.8 Å². The van der Waals surface area contributed by atoms with Crippen LogP contribution in [0.2, 0.25) is 0 Å². The van der Waals surface area contributed by atoms with Gasteiger partial charge in [0.15, 0.2) is 15.7 Å². The van der Waals surface area contributed by atoms with Gasteiger partial charge in [-0.05, 0) is 43.4 Å². The van der Waals surface area contributed by atoms with Gasteiger partial charge in [-0.25, -0.2) is 4.98 Å². The van der Waals surface area contributed by atoms with E-state index in [1.165, 1.54) is 11.3 Å². The lowest BCUT2D eigenvalue weighted by atomic mass is 10.2. The van der Waals surface area contributed by atoms with E-state index in [1.54, 1.807) is 6.20 Å². The van der Waals surface area contributed by atoms with Gasteiger partial charge in [-0.15, -0.1) is 11.3 Å². The molecule has 2 heterocycles. The molecule has 1 aromatic carbocycles. The van der Waals surface area contributed by atoms with Crippen LogP contribution in [-0.2, 0) is 11.3 Å². The van der Waals surface area contributed by atoms with Crippen molar-refractivity contribution in [2.75, 3.05) is 11.9 Å². The summed E-state index contributed by atoms with van der Waals surface area (Å²) in [7, 11) is 0. The minimum atomic E-state index is -0.115. The Morgan fingerprint density at radius 2 is 2.20 bits per heavy atom. The molecule has 3 rings (SSSR count). The van der Waals surface area contributed by atoms with E-state index in [-0.39, 0.29) is 12.3 Å². The normalized spacial score (nSPS) is 10.6. The molecule has 0 aliphatic rings. The summed E-state index contributed by atoms with van der Waals surface area (Å²) in [4.78, 5) is 16.1. The van der Waals surface area contributed by atoms with Gasteiger partial charge in [-0.3, -0.25) is 14.5 Å². The average molecular weight is 375 g/mol. The van der Waals surface area contributed by atoms with Gasteiger partial charge in [-0.2, -0.15) is 5.10 Å². The average Bonchev–Trinajstić information content (AvgIpc) is 3.24. The number of carbonyl (C=O) groups excluding carboxylic acids is 1. The van der Waals surface area contributed by atoms with Gasteiger partial charge >= 0.3 is 0 Å². The highest BCUT2D eigenvalue weighted by Crippen LogP contribution is 2.21. The van der Waals surface area contributed by atoms with Crippen molar-refractivity contribution in [2.45, 2.75) is 19.9 Å². The van der Waals surface area contributed by atoms with Crippen molar-refractivity contribution in [3.8, 4) is 17.1 Å². The maximum Gasteiger partial charge on any atom is 0.227 e. The third-order valence-electron chi connectivity index (χ3n) is 3.42. The third kappa shape index (κ3) is 4.31. The standard InChI is InChI=1S/C16H17N5O2S2/c1-2-23-12-5-3-11(4-6-12)14-19-20-16(24)21(14)9-7-13(22)18-15-17-8-10-25-15/h3-6,8,10H,2,7,9H2,1H3,(H,20,24)(H,17,18,22). The number of hydrogen-bond acceptors (Lipinski definition) is 6. The first-order valence-electron chi connectivity index (χ1n) is 7.75. The number of H-pyrrole nitrogens is 1. The zero-order valence-electron chi connectivity index (χ0n) is 13.6. The SMILES string of the molecule is CCOc1ccc(-c2n[nH]c(=S)n2CCC(=O)Nc2nccs2)cc1. The zero-order valence-corrected chi connectivity index (χ0v) is 15.2. The maximum atomic E-state index is 12.0. The van der Waals surface area contributed by atoms with Crippen LogP contribution in [0.1, 0.15) is 13.3 Å². The Hall–Kier alpha value is -2.52. The number of nitrogens with one attached hydrogen (secondary N) is 2. The van der Waals surface area contributed by atoms with E-state index in [0.29, 0.717) is 28.9 Å². The van der Waals surface area contributed by atoms with Crippen LogP contribution in [0.3, 0.4) is 0 Å². The van der Waals surface area contributed by atoms with E-state index < -0.39 is 0 Å². The van der Waals surface area contributed by atoms with Crippen LogP contribution in [0.25, 0.3) is 11.4 Å². The van der Waals surface area contributed by atoms with Gasteiger partial charge in [0.25, 0.3) is 0 Å². The van der Waals surface area contributed by atoms with Crippen LogP contribution >= 0.6 is 23.6 Å². The minimum Gasteiger partial charge on any atom is -0.494 e. The lowest BCUT2D eigenvalue weighted by molar-refractivity contribution is -0.116. The molecule has 3 aromatic rings. The second-order valence-electron chi connectivity index (χ2n) is 5.10. The van der Waals surface area contributed by atoms with Crippen LogP contribution in [0.5, 0.6) is 5.75 Å². The summed E-state index contributed by atoms with van der Waals surface area (Å²) < 4.78 is 7.74. The molecule has 0 saturated carbocycles. The van der Waals surface area contributed by atoms with E-state index in [9.17, 15) is 4.79 Å². The molecule has 2 aromatic heterocycles. The van der Waals surface area contributed by atoms with Gasteiger partial charge in [0.2, 0.25) is 5.91 Å². The van der Waals surface area contributed by atoms with E-state index in [0.717, 1.165) is 11.3 Å². The first-order chi connectivity index (χ1) is 12.2. The minimum absolute atomic E-state index is 0.115. The number of amides is 1. The number of hydrogen-bond donors (Lipinski definition) is 2. The Kier molecular flexibility index (Phi) is 5.56. The topological polar surface area (TPSA) is 84.8 Å². The smallest absolute Gasteiger partial charge is 0.227 e. The molecule has 0 spiro atoms. The predicted molar refractivity (Wildman–Crippen MR) is 99.4 cm³/mol. The highest BCUT2D eigenvalue weighted by Gasteiger charge is 2.11. The van der Waals surface area contributed by atoms with Crippen molar-refractivity contribution in [2.24, 2.45) is 0 Å². The van der Waals surface area contributed by atoms with Gasteiger partial charge in [-0.1, -0.05) is 0 Å². The molecule has 25 heavy (non-hydrogen) atoms. The molecular formula is C16H17N5O2S2. The van der Waals surface area contributed by atoms with E-state index in [4.69, 9.17) is 17.0 Å². The third-order valence-corrected chi connectivity index (χ3v) is 4.42. The number of benzene rings is 1. The second kappa shape index (κ2) is 8.04. The molecule has 0 saturated heterocycles. The Labute approximate surface area is 153 Å². The monoisotopic (exact) mass is 375 g/mol. The van der Waals surface area contributed by atoms with Gasteiger partial charge < -0.3 is 10.1 Å². The molecule has 7 nitrogen and oxygen atoms in total. The molecular weight excluding hydrogens is 358 g/mol. The highest BCUT2D eigenvalue weighted by molar-refractivity contribution is 7.71. The molecule has 9 heteroatoms. The fourth-order valence-electron chi connectivity index (χ4n) is 2.29. The zero-order chi connectivity index (χ0) is 17.6. The summed E-state index contributed by atoms with van der Waals surface area (Å²) in [6.45, 7) is 2.98. The van der Waals surface area contributed by atoms with Crippen LogP contribution < -0.4 is 10.1 Å². The van der Waals surface area contributed by atoms with Crippen molar-refractivity contribution in [3.63, 3.8) is 0 Å². The quantitative estimate of drug-likeness (QED) is 0.618. The summed E-state index contributed by atoms with van der Waals surface area (Å²) in [5, 5.41) is 12.2. The Balaban J connectivity index is 1.71. The fourth-order valence-corrected chi connectivity index (χ4v) is 3.06. The number of anilines is 1. The van der Waals surface area contributed by atoms with Crippen LogP contribution in [-0.4, -0.2) is 32.3 Å². The predicted octanol–water partition coefficient (Wildman–Crippen LogP) is 3.49. The molecule has 0 fully saturated rings. The number of aromatic amines is 1. The van der Waals surface area contributed by atoms with Crippen LogP contribution in [0.4, 0.5) is 5.13 Å². The molecule has 0 atom stereocenters. The molecule has 2 N–H and O–H groups in total. The highest BCUT2D eigenvalue weighted by atomic mass is 32.1. The number of carbonyl (C=O) groups is 1. The van der Waals surface area contributed by atoms with Crippen molar-refractivity contribution >= 4 is 34.6 Å². The summed E-state index contributed by atoms with van der Waals surface area (Å²) in [5.74, 6) is 1.38. The molecule has 0 bridgehead atoms. The Morgan fingerprint density at radius 1 is 1.40 bits per heavy atom. The molecule has 0 aliphatic heterocycles. The van der Waals surface area contributed by atoms with Gasteiger partial charge in [0.05, 0.1) is 6.61 Å². The number of nitrogens with zero attached hydrogens (tertiary/aromatic N) is 3.